The minimum atomic E-state index is 0.647. The van der Waals surface area contributed by atoms with Crippen molar-refractivity contribution in [2.45, 2.75) is 20.3 Å². The van der Waals surface area contributed by atoms with E-state index in [1.54, 1.807) is 6.20 Å². The van der Waals surface area contributed by atoms with Gasteiger partial charge < -0.3 is 0 Å². The summed E-state index contributed by atoms with van der Waals surface area (Å²) in [5, 5.41) is 11.3. The van der Waals surface area contributed by atoms with Gasteiger partial charge in [-0.2, -0.15) is 5.10 Å². The summed E-state index contributed by atoms with van der Waals surface area (Å²) >= 11 is 0. The average molecular weight is 278 g/mol. The molecule has 104 valence electrons. The number of H-pyrrole nitrogens is 1. The average Bonchev–Trinajstić information content (AvgIpc) is 3.12. The van der Waals surface area contributed by atoms with E-state index < -0.39 is 0 Å². The van der Waals surface area contributed by atoms with Crippen LogP contribution in [0.3, 0.4) is 0 Å². The second-order valence-electron chi connectivity index (χ2n) is 5.06. The maximum absolute atomic E-state index is 4.71. The minimum absolute atomic E-state index is 0.647. The van der Waals surface area contributed by atoms with E-state index >= 15 is 0 Å². The molecule has 2 aromatic rings. The van der Waals surface area contributed by atoms with E-state index in [2.05, 4.69) is 58.4 Å². The lowest BCUT2D eigenvalue weighted by atomic mass is 10.1. The van der Waals surface area contributed by atoms with Crippen LogP contribution in [0.1, 0.15) is 18.3 Å². The summed E-state index contributed by atoms with van der Waals surface area (Å²) in [6.45, 7) is 4.13. The Bertz CT molecular complexity index is 886. The highest BCUT2D eigenvalue weighted by molar-refractivity contribution is 5.74. The van der Waals surface area contributed by atoms with E-state index in [-0.39, 0.29) is 0 Å². The molecule has 2 aliphatic rings. The van der Waals surface area contributed by atoms with Gasteiger partial charge in [-0.05, 0) is 6.92 Å². The Morgan fingerprint density at radius 2 is 1.95 bits per heavy atom. The number of aromatic nitrogens is 6. The van der Waals surface area contributed by atoms with Gasteiger partial charge in [0.1, 0.15) is 5.82 Å². The standard InChI is InChI=1S/C15H14N6/c1-3-12-17-14-11(8-16-19-14)15-18-13(20-21(12)15)10-6-4-9(2)5-7-10/h4-8H,3H2,1-2H3,(H,18,20). The van der Waals surface area contributed by atoms with E-state index in [0.717, 1.165) is 34.8 Å². The maximum Gasteiger partial charge on any atom is 0.188 e. The first-order valence-corrected chi connectivity index (χ1v) is 6.92. The molecular weight excluding hydrogens is 264 g/mol. The smallest absolute Gasteiger partial charge is 0.188 e. The van der Waals surface area contributed by atoms with E-state index in [4.69, 9.17) is 4.98 Å². The third kappa shape index (κ3) is 1.79. The summed E-state index contributed by atoms with van der Waals surface area (Å²) in [6.07, 6.45) is 2.50. The fourth-order valence-corrected chi connectivity index (χ4v) is 2.45. The van der Waals surface area contributed by atoms with Crippen LogP contribution >= 0.6 is 0 Å². The van der Waals surface area contributed by atoms with Gasteiger partial charge in [-0.25, -0.2) is 14.5 Å². The molecule has 0 atom stereocenters. The van der Waals surface area contributed by atoms with Gasteiger partial charge in [0, 0.05) is 12.0 Å². The number of hydrogen-bond donors (Lipinski definition) is 1. The van der Waals surface area contributed by atoms with Crippen molar-refractivity contribution < 1.29 is 0 Å². The molecule has 4 rings (SSSR count). The number of rotatable bonds is 2. The van der Waals surface area contributed by atoms with Crippen LogP contribution in [0.5, 0.6) is 0 Å². The molecule has 0 unspecified atom stereocenters. The minimum Gasteiger partial charge on any atom is -0.274 e. The molecule has 3 heterocycles. The van der Waals surface area contributed by atoms with Crippen molar-refractivity contribution in [2.24, 2.45) is 0 Å². The monoisotopic (exact) mass is 278 g/mol. The quantitative estimate of drug-likeness (QED) is 0.611. The number of nitrogens with one attached hydrogen (secondary N) is 1. The maximum atomic E-state index is 4.71. The van der Waals surface area contributed by atoms with Crippen LogP contribution < -0.4 is 0 Å². The molecule has 6 nitrogen and oxygen atoms in total. The molecule has 6 heteroatoms. The van der Waals surface area contributed by atoms with E-state index in [1.165, 1.54) is 5.56 Å². The molecule has 1 N–H and O–H groups in total. The highest BCUT2D eigenvalue weighted by Gasteiger charge is 2.18. The number of fused-ring (bicyclic) bond motifs is 3. The molecule has 1 aromatic carbocycles. The molecule has 0 radical (unpaired) electrons. The van der Waals surface area contributed by atoms with Crippen molar-refractivity contribution in [3.05, 3.63) is 41.9 Å². The van der Waals surface area contributed by atoms with Crippen LogP contribution in [0, 0.1) is 6.92 Å². The van der Waals surface area contributed by atoms with Crippen LogP contribution in [0.15, 0.2) is 30.5 Å². The van der Waals surface area contributed by atoms with Crippen molar-refractivity contribution in [2.75, 3.05) is 0 Å². The van der Waals surface area contributed by atoms with Gasteiger partial charge in [0.25, 0.3) is 0 Å². The molecule has 0 aliphatic carbocycles. The molecule has 21 heavy (non-hydrogen) atoms. The molecular formula is C15H14N6. The lowest BCUT2D eigenvalue weighted by Gasteiger charge is -2.03. The Morgan fingerprint density at radius 1 is 1.14 bits per heavy atom. The molecule has 0 spiro atoms. The third-order valence-corrected chi connectivity index (χ3v) is 3.60. The zero-order valence-corrected chi connectivity index (χ0v) is 11.8. The molecule has 0 fully saturated rings. The molecule has 1 aromatic heterocycles. The normalized spacial score (nSPS) is 11.5. The zero-order chi connectivity index (χ0) is 14.4. The SMILES string of the molecule is CCc1nc2nncc-2c2nc(-c3ccc(C)cc3)[nH]n12. The van der Waals surface area contributed by atoms with E-state index in [0.29, 0.717) is 5.82 Å². The first-order chi connectivity index (χ1) is 10.3. The summed E-state index contributed by atoms with van der Waals surface area (Å²) in [6, 6.07) is 8.28. The summed E-state index contributed by atoms with van der Waals surface area (Å²) in [4.78, 5) is 9.23. The van der Waals surface area contributed by atoms with Crippen molar-refractivity contribution in [1.29, 1.82) is 0 Å². The second-order valence-corrected chi connectivity index (χ2v) is 5.06. The van der Waals surface area contributed by atoms with Crippen LogP contribution in [0.2, 0.25) is 0 Å². The Kier molecular flexibility index (Phi) is 2.50. The molecule has 0 saturated heterocycles. The molecule has 0 bridgehead atoms. The molecule has 2 aliphatic heterocycles. The molecule has 0 saturated carbocycles. The number of aryl methyl sites for hydroxylation is 2. The lowest BCUT2D eigenvalue weighted by molar-refractivity contribution is 0.810. The summed E-state index contributed by atoms with van der Waals surface area (Å²) in [5.41, 5.74) is 3.96. The topological polar surface area (TPSA) is 71.8 Å². The predicted molar refractivity (Wildman–Crippen MR) is 79.1 cm³/mol. The first kappa shape index (κ1) is 12.0. The van der Waals surface area contributed by atoms with Crippen molar-refractivity contribution in [3.63, 3.8) is 0 Å². The Balaban J connectivity index is 1.99. The van der Waals surface area contributed by atoms with Gasteiger partial charge in [0.15, 0.2) is 17.3 Å². The van der Waals surface area contributed by atoms with Gasteiger partial charge in [0.2, 0.25) is 0 Å². The number of aromatic amines is 1. The lowest BCUT2D eigenvalue weighted by Crippen LogP contribution is -2.04. The van der Waals surface area contributed by atoms with Crippen molar-refractivity contribution >= 4 is 5.65 Å². The number of benzene rings is 1. The first-order valence-electron chi connectivity index (χ1n) is 6.92. The highest BCUT2D eigenvalue weighted by Crippen LogP contribution is 2.25. The zero-order valence-electron chi connectivity index (χ0n) is 11.8. The fraction of sp³-hybridized carbons (Fsp3) is 0.200. The molecule has 0 amide bonds. The Hall–Kier alpha value is -2.76. The summed E-state index contributed by atoms with van der Waals surface area (Å²) < 4.78 is 1.92. The van der Waals surface area contributed by atoms with Gasteiger partial charge in [-0.3, -0.25) is 5.10 Å². The van der Waals surface area contributed by atoms with Crippen LogP contribution in [-0.2, 0) is 6.42 Å². The van der Waals surface area contributed by atoms with E-state index in [1.807, 2.05) is 4.52 Å². The number of nitrogens with zero attached hydrogens (tertiary/aromatic N) is 5. The second kappa shape index (κ2) is 4.37. The summed E-state index contributed by atoms with van der Waals surface area (Å²) in [5.74, 6) is 2.36. The number of hydrogen-bond acceptors (Lipinski definition) is 4. The van der Waals surface area contributed by atoms with E-state index in [9.17, 15) is 0 Å². The Labute approximate surface area is 121 Å². The largest absolute Gasteiger partial charge is 0.274 e. The predicted octanol–water partition coefficient (Wildman–Crippen LogP) is 2.49. The van der Waals surface area contributed by atoms with Crippen molar-refractivity contribution in [3.8, 4) is 22.8 Å². The Morgan fingerprint density at radius 3 is 2.71 bits per heavy atom. The van der Waals surface area contributed by atoms with Crippen LogP contribution in [-0.4, -0.2) is 29.8 Å². The van der Waals surface area contributed by atoms with Gasteiger partial charge in [-0.1, -0.05) is 36.8 Å². The van der Waals surface area contributed by atoms with Gasteiger partial charge in [-0.15, -0.1) is 5.10 Å². The van der Waals surface area contributed by atoms with Crippen LogP contribution in [0.25, 0.3) is 28.4 Å². The van der Waals surface area contributed by atoms with Gasteiger partial charge >= 0.3 is 0 Å². The van der Waals surface area contributed by atoms with Gasteiger partial charge in [0.05, 0.1) is 11.8 Å². The third-order valence-electron chi connectivity index (χ3n) is 3.60. The fourth-order valence-electron chi connectivity index (χ4n) is 2.45. The highest BCUT2D eigenvalue weighted by atomic mass is 15.3. The summed E-state index contributed by atoms with van der Waals surface area (Å²) in [7, 11) is 0. The van der Waals surface area contributed by atoms with Crippen LogP contribution in [0.4, 0.5) is 0 Å². The van der Waals surface area contributed by atoms with Crippen molar-refractivity contribution in [1.82, 2.24) is 29.8 Å².